The summed E-state index contributed by atoms with van der Waals surface area (Å²) < 4.78 is 0. The molecule has 1 fully saturated rings. The monoisotopic (exact) mass is 220 g/mol. The molecule has 0 amide bonds. The highest BCUT2D eigenvalue weighted by molar-refractivity contribution is 5.25. The summed E-state index contributed by atoms with van der Waals surface area (Å²) in [6.45, 7) is 9.41. The Morgan fingerprint density at radius 2 is 1.56 bits per heavy atom. The predicted octanol–water partition coefficient (Wildman–Crippen LogP) is 2.14. The van der Waals surface area contributed by atoms with Gasteiger partial charge in [0.15, 0.2) is 0 Å². The van der Waals surface area contributed by atoms with Gasteiger partial charge in [-0.2, -0.15) is 0 Å². The van der Waals surface area contributed by atoms with Gasteiger partial charge in [0.2, 0.25) is 0 Å². The minimum atomic E-state index is 0.180. The molecule has 16 heavy (non-hydrogen) atoms. The van der Waals surface area contributed by atoms with Crippen molar-refractivity contribution in [1.82, 2.24) is 9.80 Å². The highest BCUT2D eigenvalue weighted by atomic mass is 15.3. The normalized spacial score (nSPS) is 26.5. The highest BCUT2D eigenvalue weighted by Crippen LogP contribution is 2.31. The maximum Gasteiger partial charge on any atom is 0.0599 e. The van der Waals surface area contributed by atoms with Gasteiger partial charge in [0.1, 0.15) is 0 Å². The van der Waals surface area contributed by atoms with Gasteiger partial charge in [0, 0.05) is 26.2 Å². The quantitative estimate of drug-likeness (QED) is 0.658. The second kappa shape index (κ2) is 4.72. The molecule has 0 aromatic heterocycles. The molecule has 2 rings (SSSR count). The summed E-state index contributed by atoms with van der Waals surface area (Å²) >= 11 is 0. The lowest BCUT2D eigenvalue weighted by molar-refractivity contribution is 0.0686. The van der Waals surface area contributed by atoms with E-state index in [-0.39, 0.29) is 5.54 Å². The van der Waals surface area contributed by atoms with Crippen LogP contribution in [-0.4, -0.2) is 48.6 Å². The van der Waals surface area contributed by atoms with E-state index in [2.05, 4.69) is 55.0 Å². The van der Waals surface area contributed by atoms with Crippen LogP contribution in [0.1, 0.15) is 20.3 Å². The van der Waals surface area contributed by atoms with E-state index in [0.29, 0.717) is 5.92 Å². The van der Waals surface area contributed by atoms with Crippen molar-refractivity contribution in [3.8, 4) is 0 Å². The van der Waals surface area contributed by atoms with Crippen molar-refractivity contribution in [2.24, 2.45) is 5.92 Å². The zero-order valence-electron chi connectivity index (χ0n) is 10.8. The molecule has 1 saturated heterocycles. The van der Waals surface area contributed by atoms with E-state index in [0.717, 1.165) is 6.42 Å². The standard InChI is InChI=1S/C14H24N2/c1-13(2)14(7-5-4-6-8-14)16-11-9-15(3)10-12-16/h5-8,13H,4,9-12H2,1-3H3. The van der Waals surface area contributed by atoms with Gasteiger partial charge in [-0.25, -0.2) is 0 Å². The first-order chi connectivity index (χ1) is 7.65. The summed E-state index contributed by atoms with van der Waals surface area (Å²) in [7, 11) is 2.21. The fraction of sp³-hybridized carbons (Fsp3) is 0.714. The molecule has 1 heterocycles. The van der Waals surface area contributed by atoms with Crippen molar-refractivity contribution in [2.45, 2.75) is 25.8 Å². The molecule has 0 saturated carbocycles. The predicted molar refractivity (Wildman–Crippen MR) is 69.5 cm³/mol. The van der Waals surface area contributed by atoms with Gasteiger partial charge in [0.05, 0.1) is 5.54 Å². The molecule has 1 aliphatic carbocycles. The third kappa shape index (κ3) is 2.09. The minimum Gasteiger partial charge on any atom is -0.304 e. The van der Waals surface area contributed by atoms with Crippen LogP contribution >= 0.6 is 0 Å². The fourth-order valence-electron chi connectivity index (χ4n) is 2.80. The maximum atomic E-state index is 2.64. The molecule has 0 aromatic carbocycles. The Hall–Kier alpha value is -0.600. The van der Waals surface area contributed by atoms with Crippen molar-refractivity contribution >= 4 is 0 Å². The molecule has 0 bridgehead atoms. The molecule has 2 heteroatoms. The van der Waals surface area contributed by atoms with Crippen LogP contribution in [0.2, 0.25) is 0 Å². The number of allylic oxidation sites excluding steroid dienone is 2. The molecular formula is C14H24N2. The maximum absolute atomic E-state index is 2.64. The van der Waals surface area contributed by atoms with E-state index in [1.807, 2.05) is 0 Å². The Labute approximate surface area is 99.6 Å². The second-order valence-corrected chi connectivity index (χ2v) is 5.37. The summed E-state index contributed by atoms with van der Waals surface area (Å²) in [6, 6.07) is 0. The summed E-state index contributed by atoms with van der Waals surface area (Å²) in [5.74, 6) is 0.642. The largest absolute Gasteiger partial charge is 0.304 e. The average molecular weight is 220 g/mol. The van der Waals surface area contributed by atoms with Crippen LogP contribution in [-0.2, 0) is 0 Å². The van der Waals surface area contributed by atoms with Crippen molar-refractivity contribution < 1.29 is 0 Å². The third-order valence-corrected chi connectivity index (χ3v) is 4.02. The zero-order valence-corrected chi connectivity index (χ0v) is 10.8. The summed E-state index contributed by atoms with van der Waals surface area (Å²) in [5.41, 5.74) is 0.180. The molecule has 2 nitrogen and oxygen atoms in total. The second-order valence-electron chi connectivity index (χ2n) is 5.37. The zero-order chi connectivity index (χ0) is 11.6. The van der Waals surface area contributed by atoms with Crippen molar-refractivity contribution in [3.05, 3.63) is 24.3 Å². The van der Waals surface area contributed by atoms with Crippen LogP contribution in [0.5, 0.6) is 0 Å². The number of rotatable bonds is 2. The first-order valence-corrected chi connectivity index (χ1v) is 6.44. The minimum absolute atomic E-state index is 0.180. The molecule has 1 aliphatic heterocycles. The van der Waals surface area contributed by atoms with Crippen LogP contribution < -0.4 is 0 Å². The lowest BCUT2D eigenvalue weighted by Gasteiger charge is -2.47. The van der Waals surface area contributed by atoms with Crippen molar-refractivity contribution in [3.63, 3.8) is 0 Å². The number of hydrogen-bond donors (Lipinski definition) is 0. The average Bonchev–Trinajstić information content (AvgIpc) is 2.30. The van der Waals surface area contributed by atoms with Gasteiger partial charge in [-0.3, -0.25) is 4.90 Å². The molecule has 0 aromatic rings. The van der Waals surface area contributed by atoms with Crippen molar-refractivity contribution in [2.75, 3.05) is 33.2 Å². The summed E-state index contributed by atoms with van der Waals surface area (Å²) in [6.07, 6.45) is 10.6. The van der Waals surface area contributed by atoms with E-state index in [4.69, 9.17) is 0 Å². The molecule has 0 N–H and O–H groups in total. The number of nitrogens with zero attached hydrogens (tertiary/aromatic N) is 2. The van der Waals surface area contributed by atoms with E-state index < -0.39 is 0 Å². The Balaban J connectivity index is 2.16. The summed E-state index contributed by atoms with van der Waals surface area (Å²) in [4.78, 5) is 5.06. The van der Waals surface area contributed by atoms with Gasteiger partial charge in [-0.1, -0.05) is 38.2 Å². The van der Waals surface area contributed by atoms with Crippen LogP contribution in [0.25, 0.3) is 0 Å². The highest BCUT2D eigenvalue weighted by Gasteiger charge is 2.36. The lowest BCUT2D eigenvalue weighted by Crippen LogP contribution is -2.57. The first-order valence-electron chi connectivity index (χ1n) is 6.44. The van der Waals surface area contributed by atoms with E-state index in [9.17, 15) is 0 Å². The molecule has 90 valence electrons. The Kier molecular flexibility index (Phi) is 3.50. The topological polar surface area (TPSA) is 6.48 Å². The molecular weight excluding hydrogens is 196 g/mol. The number of likely N-dealkylation sites (N-methyl/N-ethyl adjacent to an activating group) is 1. The Morgan fingerprint density at radius 1 is 1.00 bits per heavy atom. The van der Waals surface area contributed by atoms with Gasteiger partial charge in [-0.15, -0.1) is 0 Å². The van der Waals surface area contributed by atoms with Crippen LogP contribution in [0.4, 0.5) is 0 Å². The SMILES string of the molecule is CC(C)C1(N2CCN(C)CC2)C=CCC=C1. The first kappa shape index (κ1) is 11.9. The van der Waals surface area contributed by atoms with Crippen LogP contribution in [0, 0.1) is 5.92 Å². The van der Waals surface area contributed by atoms with Gasteiger partial charge in [-0.05, 0) is 19.4 Å². The lowest BCUT2D eigenvalue weighted by atomic mass is 9.81. The van der Waals surface area contributed by atoms with Gasteiger partial charge < -0.3 is 4.90 Å². The van der Waals surface area contributed by atoms with E-state index >= 15 is 0 Å². The molecule has 0 atom stereocenters. The van der Waals surface area contributed by atoms with Gasteiger partial charge >= 0.3 is 0 Å². The molecule has 0 radical (unpaired) electrons. The van der Waals surface area contributed by atoms with Crippen LogP contribution in [0.3, 0.4) is 0 Å². The fourth-order valence-corrected chi connectivity index (χ4v) is 2.80. The smallest absolute Gasteiger partial charge is 0.0599 e. The van der Waals surface area contributed by atoms with Crippen molar-refractivity contribution in [1.29, 1.82) is 0 Å². The van der Waals surface area contributed by atoms with Gasteiger partial charge in [0.25, 0.3) is 0 Å². The third-order valence-electron chi connectivity index (χ3n) is 4.02. The van der Waals surface area contributed by atoms with Crippen LogP contribution in [0.15, 0.2) is 24.3 Å². The number of piperazine rings is 1. The molecule has 0 spiro atoms. The van der Waals surface area contributed by atoms with E-state index in [1.165, 1.54) is 26.2 Å². The van der Waals surface area contributed by atoms with E-state index in [1.54, 1.807) is 0 Å². The Bertz CT molecular complexity index is 271. The Morgan fingerprint density at radius 3 is 2.06 bits per heavy atom. The molecule has 2 aliphatic rings. The summed E-state index contributed by atoms with van der Waals surface area (Å²) in [5, 5.41) is 0. The molecule has 0 unspecified atom stereocenters. The number of hydrogen-bond acceptors (Lipinski definition) is 2.